The molecule has 3 heteroatoms. The molecule has 21 heavy (non-hydrogen) atoms. The summed E-state index contributed by atoms with van der Waals surface area (Å²) >= 11 is 3.29. The molecule has 0 radical (unpaired) electrons. The largest absolute Gasteiger partial charge is 0.324 e. The molecular weight excluding hydrogens is 329 g/mol. The topological polar surface area (TPSA) is 26.0 Å². The number of fused-ring (bicyclic) bond motifs is 1. The van der Waals surface area contributed by atoms with Gasteiger partial charge in [0.05, 0.1) is 4.47 Å². The number of rotatable bonds is 3. The average Bonchev–Trinajstić information content (AvgIpc) is 2.51. The lowest BCUT2D eigenvalue weighted by atomic mass is 9.97. The summed E-state index contributed by atoms with van der Waals surface area (Å²) in [5.41, 5.74) is 8.24. The van der Waals surface area contributed by atoms with Crippen molar-refractivity contribution in [3.05, 3.63) is 82.1 Å². The van der Waals surface area contributed by atoms with Crippen LogP contribution in [0.2, 0.25) is 0 Å². The third-order valence-electron chi connectivity index (χ3n) is 3.67. The molecule has 1 nitrogen and oxygen atoms in total. The first-order chi connectivity index (χ1) is 10.1. The summed E-state index contributed by atoms with van der Waals surface area (Å²) in [5.74, 6) is -0.252. The van der Waals surface area contributed by atoms with Crippen LogP contribution in [0.3, 0.4) is 0 Å². The van der Waals surface area contributed by atoms with Gasteiger partial charge < -0.3 is 5.73 Å². The van der Waals surface area contributed by atoms with Crippen LogP contribution >= 0.6 is 15.9 Å². The number of halogens is 2. The fourth-order valence-corrected chi connectivity index (χ4v) is 2.93. The molecule has 106 valence electrons. The molecule has 2 N–H and O–H groups in total. The second kappa shape index (κ2) is 5.96. The van der Waals surface area contributed by atoms with Crippen LogP contribution in [0.4, 0.5) is 4.39 Å². The maximum Gasteiger partial charge on any atom is 0.137 e. The molecule has 0 saturated heterocycles. The molecule has 0 saturated carbocycles. The van der Waals surface area contributed by atoms with Crippen LogP contribution in [0.25, 0.3) is 10.8 Å². The molecule has 0 amide bonds. The smallest absolute Gasteiger partial charge is 0.137 e. The zero-order valence-electron chi connectivity index (χ0n) is 11.4. The van der Waals surface area contributed by atoms with Crippen molar-refractivity contribution >= 4 is 26.7 Å². The Morgan fingerprint density at radius 2 is 1.71 bits per heavy atom. The van der Waals surface area contributed by atoms with Crippen LogP contribution in [-0.4, -0.2) is 0 Å². The average molecular weight is 344 g/mol. The van der Waals surface area contributed by atoms with Gasteiger partial charge in [0.2, 0.25) is 0 Å². The minimum Gasteiger partial charge on any atom is -0.324 e. The lowest BCUT2D eigenvalue weighted by Gasteiger charge is -2.14. The fraction of sp³-hybridized carbons (Fsp3) is 0.111. The van der Waals surface area contributed by atoms with Gasteiger partial charge in [-0.15, -0.1) is 0 Å². The van der Waals surface area contributed by atoms with Crippen LogP contribution in [0.15, 0.2) is 65.1 Å². The summed E-state index contributed by atoms with van der Waals surface area (Å²) < 4.78 is 14.1. The highest BCUT2D eigenvalue weighted by Gasteiger charge is 2.12. The lowest BCUT2D eigenvalue weighted by molar-refractivity contribution is 0.614. The quantitative estimate of drug-likeness (QED) is 0.712. The maximum absolute atomic E-state index is 13.6. The highest BCUT2D eigenvalue weighted by Crippen LogP contribution is 2.26. The van der Waals surface area contributed by atoms with E-state index in [9.17, 15) is 4.39 Å². The highest BCUT2D eigenvalue weighted by atomic mass is 79.9. The summed E-state index contributed by atoms with van der Waals surface area (Å²) in [6.07, 6.45) is 0.594. The molecule has 0 fully saturated rings. The predicted molar refractivity (Wildman–Crippen MR) is 88.7 cm³/mol. The van der Waals surface area contributed by atoms with Gasteiger partial charge in [-0.1, -0.05) is 48.5 Å². The summed E-state index contributed by atoms with van der Waals surface area (Å²) in [7, 11) is 0. The molecule has 3 aromatic carbocycles. The molecule has 0 aliphatic carbocycles. The Bertz CT molecular complexity index is 785. The van der Waals surface area contributed by atoms with E-state index < -0.39 is 0 Å². The standard InChI is InChI=1S/C18H15BrFN/c19-18-15(6-3-7-16(18)20)11-17(21)14-9-8-12-4-1-2-5-13(12)10-14/h1-10,17H,11,21H2. The van der Waals surface area contributed by atoms with E-state index in [0.29, 0.717) is 10.9 Å². The number of benzene rings is 3. The third-order valence-corrected chi connectivity index (χ3v) is 4.56. The van der Waals surface area contributed by atoms with E-state index in [1.807, 2.05) is 24.3 Å². The van der Waals surface area contributed by atoms with Gasteiger partial charge in [-0.3, -0.25) is 0 Å². The van der Waals surface area contributed by atoms with E-state index in [-0.39, 0.29) is 11.9 Å². The van der Waals surface area contributed by atoms with E-state index in [2.05, 4.69) is 40.2 Å². The molecule has 1 unspecified atom stereocenters. The van der Waals surface area contributed by atoms with Crippen molar-refractivity contribution < 1.29 is 4.39 Å². The van der Waals surface area contributed by atoms with Crippen molar-refractivity contribution in [2.75, 3.05) is 0 Å². The van der Waals surface area contributed by atoms with Gasteiger partial charge in [0.25, 0.3) is 0 Å². The van der Waals surface area contributed by atoms with Gasteiger partial charge in [-0.05, 0) is 56.4 Å². The van der Waals surface area contributed by atoms with E-state index in [0.717, 1.165) is 11.1 Å². The third kappa shape index (κ3) is 2.99. The van der Waals surface area contributed by atoms with Gasteiger partial charge in [0, 0.05) is 6.04 Å². The first kappa shape index (κ1) is 14.2. The number of hydrogen-bond acceptors (Lipinski definition) is 1. The molecular formula is C18H15BrFN. The molecule has 3 rings (SSSR count). The van der Waals surface area contributed by atoms with Crippen LogP contribution < -0.4 is 5.73 Å². The Balaban J connectivity index is 1.89. The summed E-state index contributed by atoms with van der Waals surface area (Å²) in [6.45, 7) is 0. The van der Waals surface area contributed by atoms with Crippen molar-refractivity contribution in [1.29, 1.82) is 0 Å². The van der Waals surface area contributed by atoms with E-state index in [4.69, 9.17) is 5.73 Å². The Morgan fingerprint density at radius 1 is 0.952 bits per heavy atom. The molecule has 0 aromatic heterocycles. The summed E-state index contributed by atoms with van der Waals surface area (Å²) in [6, 6.07) is 19.3. The second-order valence-electron chi connectivity index (χ2n) is 5.13. The van der Waals surface area contributed by atoms with Crippen LogP contribution in [-0.2, 0) is 6.42 Å². The van der Waals surface area contributed by atoms with E-state index in [1.165, 1.54) is 16.8 Å². The molecule has 0 heterocycles. The first-order valence-electron chi connectivity index (χ1n) is 6.82. The zero-order valence-corrected chi connectivity index (χ0v) is 13.0. The van der Waals surface area contributed by atoms with Gasteiger partial charge in [-0.25, -0.2) is 4.39 Å². The summed E-state index contributed by atoms with van der Waals surface area (Å²) in [5, 5.41) is 2.36. The normalized spacial score (nSPS) is 12.5. The fourth-order valence-electron chi connectivity index (χ4n) is 2.50. The SMILES string of the molecule is NC(Cc1cccc(F)c1Br)c1ccc2ccccc2c1. The Kier molecular flexibility index (Phi) is 4.04. The highest BCUT2D eigenvalue weighted by molar-refractivity contribution is 9.10. The maximum atomic E-state index is 13.6. The number of nitrogens with two attached hydrogens (primary N) is 1. The van der Waals surface area contributed by atoms with Crippen molar-refractivity contribution in [2.45, 2.75) is 12.5 Å². The van der Waals surface area contributed by atoms with Gasteiger partial charge in [0.1, 0.15) is 5.82 Å². The Hall–Kier alpha value is -1.71. The molecule has 3 aromatic rings. The van der Waals surface area contributed by atoms with Crippen molar-refractivity contribution in [3.8, 4) is 0 Å². The van der Waals surface area contributed by atoms with Gasteiger partial charge in [0.15, 0.2) is 0 Å². The molecule has 0 bridgehead atoms. The molecule has 0 spiro atoms. The Morgan fingerprint density at radius 3 is 2.52 bits per heavy atom. The van der Waals surface area contributed by atoms with Crippen molar-refractivity contribution in [1.82, 2.24) is 0 Å². The predicted octanol–water partition coefficient (Wildman–Crippen LogP) is 4.98. The minimum absolute atomic E-state index is 0.160. The van der Waals surface area contributed by atoms with Crippen LogP contribution in [0.1, 0.15) is 17.2 Å². The first-order valence-corrected chi connectivity index (χ1v) is 7.61. The van der Waals surface area contributed by atoms with Crippen molar-refractivity contribution in [2.24, 2.45) is 5.73 Å². The number of hydrogen-bond donors (Lipinski definition) is 1. The Labute approximate surface area is 131 Å². The minimum atomic E-state index is -0.252. The summed E-state index contributed by atoms with van der Waals surface area (Å²) in [4.78, 5) is 0. The monoisotopic (exact) mass is 343 g/mol. The zero-order chi connectivity index (χ0) is 14.8. The second-order valence-corrected chi connectivity index (χ2v) is 5.92. The molecule has 1 atom stereocenters. The van der Waals surface area contributed by atoms with Crippen LogP contribution in [0, 0.1) is 5.82 Å². The lowest BCUT2D eigenvalue weighted by Crippen LogP contribution is -2.13. The van der Waals surface area contributed by atoms with Gasteiger partial charge >= 0.3 is 0 Å². The van der Waals surface area contributed by atoms with Crippen LogP contribution in [0.5, 0.6) is 0 Å². The van der Waals surface area contributed by atoms with Gasteiger partial charge in [-0.2, -0.15) is 0 Å². The van der Waals surface area contributed by atoms with E-state index >= 15 is 0 Å². The molecule has 0 aliphatic rings. The van der Waals surface area contributed by atoms with Crippen molar-refractivity contribution in [3.63, 3.8) is 0 Å². The van der Waals surface area contributed by atoms with E-state index in [1.54, 1.807) is 6.07 Å². The molecule has 0 aliphatic heterocycles.